The molecule has 0 fully saturated rings. The molecule has 0 atom stereocenters. The molecule has 5 nitrogen and oxygen atoms in total. The number of carbonyl (C=O) groups excluding carboxylic acids is 1. The van der Waals surface area contributed by atoms with Gasteiger partial charge in [0.2, 0.25) is 3.79 Å². The summed E-state index contributed by atoms with van der Waals surface area (Å²) in [4.78, 5) is 21.0. The van der Waals surface area contributed by atoms with Gasteiger partial charge in [0.25, 0.3) is 0 Å². The zero-order valence-corrected chi connectivity index (χ0v) is 9.24. The molecule has 86 valence electrons. The molecule has 1 amide bonds. The summed E-state index contributed by atoms with van der Waals surface area (Å²) in [7, 11) is 0. The number of alkyl halides is 3. The van der Waals surface area contributed by atoms with E-state index in [0.29, 0.717) is 0 Å². The van der Waals surface area contributed by atoms with Crippen molar-refractivity contribution in [2.45, 2.75) is 3.79 Å². The van der Waals surface area contributed by atoms with Crippen LogP contribution in [0.25, 0.3) is 0 Å². The van der Waals surface area contributed by atoms with Crippen molar-refractivity contribution in [1.29, 1.82) is 0 Å². The summed E-state index contributed by atoms with van der Waals surface area (Å²) in [6.45, 7) is -0.595. The van der Waals surface area contributed by atoms with Gasteiger partial charge in [0.05, 0.1) is 0 Å². The van der Waals surface area contributed by atoms with Crippen molar-refractivity contribution in [3.8, 4) is 0 Å². The third-order valence-corrected chi connectivity index (χ3v) is 1.27. The van der Waals surface area contributed by atoms with Crippen LogP contribution in [0.15, 0.2) is 12.0 Å². The van der Waals surface area contributed by atoms with E-state index in [1.807, 2.05) is 0 Å². The van der Waals surface area contributed by atoms with E-state index in [1.165, 1.54) is 0 Å². The minimum Gasteiger partial charge on any atom is -0.477 e. The summed E-state index contributed by atoms with van der Waals surface area (Å²) in [6, 6.07) is 0. The molecule has 0 aromatic heterocycles. The molecule has 0 heterocycles. The van der Waals surface area contributed by atoms with Crippen LogP contribution < -0.4 is 5.32 Å². The molecule has 2 N–H and O–H groups in total. The highest BCUT2D eigenvalue weighted by molar-refractivity contribution is 6.67. The van der Waals surface area contributed by atoms with Gasteiger partial charge in [0.1, 0.15) is 12.9 Å². The van der Waals surface area contributed by atoms with E-state index in [4.69, 9.17) is 39.9 Å². The maximum absolute atomic E-state index is 11.9. The van der Waals surface area contributed by atoms with Crippen molar-refractivity contribution in [2.24, 2.45) is 0 Å². The Morgan fingerprint density at radius 1 is 1.47 bits per heavy atom. The van der Waals surface area contributed by atoms with Gasteiger partial charge in [0, 0.05) is 0 Å². The predicted molar refractivity (Wildman–Crippen MR) is 51.6 cm³/mol. The highest BCUT2D eigenvalue weighted by atomic mass is 35.6. The molecular formula is C6H5Cl3FNO4. The van der Waals surface area contributed by atoms with Crippen molar-refractivity contribution < 1.29 is 23.8 Å². The van der Waals surface area contributed by atoms with Gasteiger partial charge in [0.15, 0.2) is 5.70 Å². The Labute approximate surface area is 98.7 Å². The minimum absolute atomic E-state index is 0.307. The number of ether oxygens (including phenoxy) is 1. The van der Waals surface area contributed by atoms with Crippen molar-refractivity contribution in [3.05, 3.63) is 12.0 Å². The molecule has 0 aromatic rings. The molecule has 0 radical (unpaired) electrons. The number of aliphatic carboxylic acids is 1. The highest BCUT2D eigenvalue weighted by Gasteiger charge is 2.23. The lowest BCUT2D eigenvalue weighted by molar-refractivity contribution is -0.133. The lowest BCUT2D eigenvalue weighted by Crippen LogP contribution is -2.30. The summed E-state index contributed by atoms with van der Waals surface area (Å²) in [5.41, 5.74) is -0.982. The Morgan fingerprint density at radius 2 is 2.00 bits per heavy atom. The second kappa shape index (κ2) is 5.99. The number of hydrogen-bond donors (Lipinski definition) is 2. The number of nitrogens with one attached hydrogen (secondary N) is 1. The first-order valence-corrected chi connectivity index (χ1v) is 4.44. The number of hydrogen-bond acceptors (Lipinski definition) is 3. The molecule has 0 spiro atoms. The first-order chi connectivity index (χ1) is 6.76. The largest absolute Gasteiger partial charge is 0.477 e. The summed E-state index contributed by atoms with van der Waals surface area (Å²) in [6.07, 6.45) is -1.55. The molecular weight excluding hydrogens is 275 g/mol. The van der Waals surface area contributed by atoms with E-state index in [0.717, 1.165) is 0 Å². The average molecular weight is 280 g/mol. The van der Waals surface area contributed by atoms with Gasteiger partial charge < -0.3 is 9.84 Å². The minimum atomic E-state index is -1.82. The molecule has 0 aliphatic carbocycles. The molecule has 15 heavy (non-hydrogen) atoms. The van der Waals surface area contributed by atoms with Crippen molar-refractivity contribution in [2.75, 3.05) is 6.61 Å². The summed E-state index contributed by atoms with van der Waals surface area (Å²) < 4.78 is 14.3. The topological polar surface area (TPSA) is 75.6 Å². The second-order valence-electron chi connectivity index (χ2n) is 2.14. The quantitative estimate of drug-likeness (QED) is 0.612. The van der Waals surface area contributed by atoms with E-state index >= 15 is 0 Å². The lowest BCUT2D eigenvalue weighted by Gasteiger charge is -2.11. The molecule has 0 unspecified atom stereocenters. The Bertz CT molecular complexity index is 289. The van der Waals surface area contributed by atoms with Crippen LogP contribution in [0.1, 0.15) is 0 Å². The van der Waals surface area contributed by atoms with Crippen LogP contribution in [0.3, 0.4) is 0 Å². The maximum Gasteiger partial charge on any atom is 0.412 e. The van der Waals surface area contributed by atoms with Crippen molar-refractivity contribution in [1.82, 2.24) is 5.32 Å². The molecule has 0 aliphatic rings. The fourth-order valence-electron chi connectivity index (χ4n) is 0.421. The van der Waals surface area contributed by atoms with Crippen LogP contribution in [0.2, 0.25) is 0 Å². The maximum atomic E-state index is 11.9. The Morgan fingerprint density at radius 3 is 2.33 bits per heavy atom. The molecule has 9 heteroatoms. The average Bonchev–Trinajstić information content (AvgIpc) is 2.09. The van der Waals surface area contributed by atoms with Crippen LogP contribution in [-0.2, 0) is 9.53 Å². The van der Waals surface area contributed by atoms with E-state index in [2.05, 4.69) is 4.74 Å². The number of carbonyl (C=O) groups is 2. The van der Waals surface area contributed by atoms with Crippen LogP contribution >= 0.6 is 34.8 Å². The number of rotatable bonds is 3. The molecule has 0 saturated heterocycles. The smallest absolute Gasteiger partial charge is 0.412 e. The van der Waals surface area contributed by atoms with Gasteiger partial charge in [-0.05, 0) is 0 Å². The first-order valence-electron chi connectivity index (χ1n) is 3.30. The molecule has 0 aromatic carbocycles. The van der Waals surface area contributed by atoms with Crippen molar-refractivity contribution >= 4 is 46.9 Å². The number of carboxylic acid groups (broad SMARTS) is 1. The zero-order valence-electron chi connectivity index (χ0n) is 6.97. The number of alkyl carbamates (subject to hydrolysis) is 1. The van der Waals surface area contributed by atoms with Gasteiger partial charge in [-0.1, -0.05) is 34.8 Å². The highest BCUT2D eigenvalue weighted by Crippen LogP contribution is 2.25. The third-order valence-electron chi connectivity index (χ3n) is 0.943. The molecule has 0 bridgehead atoms. The third kappa shape index (κ3) is 7.24. The van der Waals surface area contributed by atoms with Crippen LogP contribution in [-0.4, -0.2) is 27.6 Å². The normalized spacial score (nSPS) is 12.1. The molecule has 0 saturated carbocycles. The Hall–Kier alpha value is -0.720. The Kier molecular flexibility index (Phi) is 5.71. The first kappa shape index (κ1) is 14.3. The molecule has 0 aliphatic heterocycles. The fourth-order valence-corrected chi connectivity index (χ4v) is 0.584. The van der Waals surface area contributed by atoms with Gasteiger partial charge in [-0.25, -0.2) is 14.0 Å². The van der Waals surface area contributed by atoms with Crippen molar-refractivity contribution in [3.63, 3.8) is 0 Å². The summed E-state index contributed by atoms with van der Waals surface area (Å²) >= 11 is 15.7. The number of carboxylic acids is 1. The monoisotopic (exact) mass is 279 g/mol. The lowest BCUT2D eigenvalue weighted by atomic mass is 10.5. The van der Waals surface area contributed by atoms with Crippen LogP contribution in [0.4, 0.5) is 9.18 Å². The second-order valence-corrected chi connectivity index (χ2v) is 4.66. The van der Waals surface area contributed by atoms with Crippen LogP contribution in [0.5, 0.6) is 0 Å². The fraction of sp³-hybridized carbons (Fsp3) is 0.333. The Balaban J connectivity index is 4.10. The van der Waals surface area contributed by atoms with Crippen LogP contribution in [0, 0.1) is 0 Å². The summed E-state index contributed by atoms with van der Waals surface area (Å²) in [5, 5.41) is 9.88. The predicted octanol–water partition coefficient (Wildman–Crippen LogP) is 1.98. The molecule has 0 rings (SSSR count). The van der Waals surface area contributed by atoms with E-state index < -0.39 is 28.2 Å². The number of halogens is 4. The van der Waals surface area contributed by atoms with E-state index in [1.54, 1.807) is 5.32 Å². The van der Waals surface area contributed by atoms with E-state index in [9.17, 15) is 14.0 Å². The van der Waals surface area contributed by atoms with Gasteiger partial charge in [-0.3, -0.25) is 5.32 Å². The van der Waals surface area contributed by atoms with E-state index in [-0.39, 0.29) is 6.33 Å². The zero-order chi connectivity index (χ0) is 12.1. The SMILES string of the molecule is O=C(NC(=CF)C(=O)O)OCC(Cl)(Cl)Cl. The summed E-state index contributed by atoms with van der Waals surface area (Å²) in [5.74, 6) is -1.66. The standard InChI is InChI=1S/C6H5Cl3FNO4/c7-6(8,9)2-15-5(14)11-3(1-10)4(12)13/h1H,2H2,(H,11,14)(H,12,13). The number of amides is 1. The van der Waals surface area contributed by atoms with Gasteiger partial charge in [-0.15, -0.1) is 0 Å². The van der Waals surface area contributed by atoms with Gasteiger partial charge in [-0.2, -0.15) is 0 Å². The van der Waals surface area contributed by atoms with Gasteiger partial charge >= 0.3 is 12.1 Å².